The van der Waals surface area contributed by atoms with Gasteiger partial charge in [-0.15, -0.1) is 0 Å². The molecular formula is C6H14N2O2. The van der Waals surface area contributed by atoms with E-state index in [2.05, 4.69) is 23.0 Å². The van der Waals surface area contributed by atoms with Crippen LogP contribution in [0.25, 0.3) is 0 Å². The Labute approximate surface area is 60.7 Å². The van der Waals surface area contributed by atoms with Gasteiger partial charge in [0.15, 0.2) is 0 Å². The van der Waals surface area contributed by atoms with Gasteiger partial charge in [-0.1, -0.05) is 19.8 Å². The van der Waals surface area contributed by atoms with E-state index in [1.807, 2.05) is 0 Å². The predicted octanol–water partition coefficient (Wildman–Crippen LogP) is 0.777. The summed E-state index contributed by atoms with van der Waals surface area (Å²) in [5.74, 6) is 0. The number of nitrogens with two attached hydrogens (primary N) is 1. The Morgan fingerprint density at radius 1 is 1.60 bits per heavy atom. The molecular weight excluding hydrogens is 132 g/mol. The molecule has 60 valence electrons. The van der Waals surface area contributed by atoms with Crippen molar-refractivity contribution in [2.45, 2.75) is 26.2 Å². The highest BCUT2D eigenvalue weighted by atomic mass is 16.7. The van der Waals surface area contributed by atoms with Gasteiger partial charge in [-0.05, 0) is 6.42 Å². The molecule has 4 heteroatoms. The summed E-state index contributed by atoms with van der Waals surface area (Å²) in [5, 5.41) is 0. The largest absolute Gasteiger partial charge is 0.423 e. The number of primary amides is 1. The zero-order chi connectivity index (χ0) is 7.82. The summed E-state index contributed by atoms with van der Waals surface area (Å²) in [6, 6.07) is 0. The third-order valence-corrected chi connectivity index (χ3v) is 1.06. The van der Waals surface area contributed by atoms with Crippen LogP contribution in [0, 0.1) is 0 Å². The first-order valence-corrected chi connectivity index (χ1v) is 3.46. The Hall–Kier alpha value is -0.770. The minimum absolute atomic E-state index is 0.677. The Bertz CT molecular complexity index is 95.7. The van der Waals surface area contributed by atoms with Gasteiger partial charge >= 0.3 is 6.09 Å². The number of hydrogen-bond donors (Lipinski definition) is 2. The van der Waals surface area contributed by atoms with Crippen molar-refractivity contribution in [3.05, 3.63) is 0 Å². The van der Waals surface area contributed by atoms with E-state index >= 15 is 0 Å². The van der Waals surface area contributed by atoms with Crippen molar-refractivity contribution in [3.63, 3.8) is 0 Å². The van der Waals surface area contributed by atoms with Crippen molar-refractivity contribution in [2.75, 3.05) is 6.54 Å². The third kappa shape index (κ3) is 7.23. The van der Waals surface area contributed by atoms with Crippen LogP contribution in [-0.2, 0) is 4.84 Å². The van der Waals surface area contributed by atoms with E-state index < -0.39 is 6.09 Å². The maximum absolute atomic E-state index is 9.97. The lowest BCUT2D eigenvalue weighted by atomic mass is 10.3. The quantitative estimate of drug-likeness (QED) is 0.445. The fourth-order valence-electron chi connectivity index (χ4n) is 0.569. The lowest BCUT2D eigenvalue weighted by Crippen LogP contribution is -2.25. The number of unbranched alkanes of at least 4 members (excludes halogenated alkanes) is 2. The highest BCUT2D eigenvalue weighted by Gasteiger charge is 1.90. The number of hydrogen-bond acceptors (Lipinski definition) is 3. The summed E-state index contributed by atoms with van der Waals surface area (Å²) < 4.78 is 0. The SMILES string of the molecule is CCCCCNOC(N)=O. The molecule has 0 aromatic rings. The second-order valence-electron chi connectivity index (χ2n) is 2.02. The first kappa shape index (κ1) is 9.23. The number of nitrogens with one attached hydrogen (secondary N) is 1. The third-order valence-electron chi connectivity index (χ3n) is 1.06. The minimum Gasteiger partial charge on any atom is -0.354 e. The van der Waals surface area contributed by atoms with Crippen LogP contribution < -0.4 is 11.2 Å². The molecule has 0 bridgehead atoms. The topological polar surface area (TPSA) is 64.3 Å². The van der Waals surface area contributed by atoms with E-state index in [9.17, 15) is 4.79 Å². The fraction of sp³-hybridized carbons (Fsp3) is 0.833. The van der Waals surface area contributed by atoms with Crippen molar-refractivity contribution in [2.24, 2.45) is 5.73 Å². The van der Waals surface area contributed by atoms with Gasteiger partial charge in [0.25, 0.3) is 0 Å². The van der Waals surface area contributed by atoms with E-state index in [0.717, 1.165) is 19.3 Å². The van der Waals surface area contributed by atoms with Gasteiger partial charge < -0.3 is 10.6 Å². The molecule has 10 heavy (non-hydrogen) atoms. The van der Waals surface area contributed by atoms with Gasteiger partial charge in [-0.25, -0.2) is 4.79 Å². The number of rotatable bonds is 5. The molecule has 0 fully saturated rings. The van der Waals surface area contributed by atoms with E-state index in [4.69, 9.17) is 0 Å². The lowest BCUT2D eigenvalue weighted by molar-refractivity contribution is 0.0978. The number of carbonyl (C=O) groups excluding carboxylic acids is 1. The molecule has 0 aromatic heterocycles. The Kier molecular flexibility index (Phi) is 5.86. The predicted molar refractivity (Wildman–Crippen MR) is 38.2 cm³/mol. The molecule has 0 aliphatic rings. The molecule has 0 unspecified atom stereocenters. The van der Waals surface area contributed by atoms with E-state index in [-0.39, 0.29) is 0 Å². The molecule has 3 N–H and O–H groups in total. The summed E-state index contributed by atoms with van der Waals surface area (Å²) in [5.41, 5.74) is 7.13. The average molecular weight is 146 g/mol. The first-order chi connectivity index (χ1) is 4.77. The van der Waals surface area contributed by atoms with Crippen molar-refractivity contribution in [1.82, 2.24) is 5.48 Å². The standard InChI is InChI=1S/C6H14N2O2/c1-2-3-4-5-8-10-6(7)9/h8H,2-5H2,1H3,(H2,7,9). The summed E-state index contributed by atoms with van der Waals surface area (Å²) in [6.45, 7) is 2.78. The number of hydroxylamine groups is 1. The van der Waals surface area contributed by atoms with Crippen LogP contribution in [0.4, 0.5) is 4.79 Å². The van der Waals surface area contributed by atoms with Gasteiger partial charge in [-0.3, -0.25) is 0 Å². The first-order valence-electron chi connectivity index (χ1n) is 3.46. The maximum atomic E-state index is 9.97. The lowest BCUT2D eigenvalue weighted by Gasteiger charge is -2.00. The van der Waals surface area contributed by atoms with Gasteiger partial charge in [0, 0.05) is 6.54 Å². The molecule has 0 aromatic carbocycles. The molecule has 0 atom stereocenters. The fourth-order valence-corrected chi connectivity index (χ4v) is 0.569. The van der Waals surface area contributed by atoms with Crippen LogP contribution in [0.5, 0.6) is 0 Å². The van der Waals surface area contributed by atoms with Crippen molar-refractivity contribution in [1.29, 1.82) is 0 Å². The van der Waals surface area contributed by atoms with Gasteiger partial charge in [-0.2, -0.15) is 5.48 Å². The van der Waals surface area contributed by atoms with Crippen LogP contribution in [0.2, 0.25) is 0 Å². The van der Waals surface area contributed by atoms with Crippen LogP contribution in [0.1, 0.15) is 26.2 Å². The van der Waals surface area contributed by atoms with Gasteiger partial charge in [0.1, 0.15) is 0 Å². The summed E-state index contributed by atoms with van der Waals surface area (Å²) in [4.78, 5) is 14.2. The molecule has 1 amide bonds. The molecule has 0 radical (unpaired) electrons. The summed E-state index contributed by atoms with van der Waals surface area (Å²) in [7, 11) is 0. The molecule has 0 saturated carbocycles. The van der Waals surface area contributed by atoms with Crippen LogP contribution in [-0.4, -0.2) is 12.6 Å². The van der Waals surface area contributed by atoms with Gasteiger partial charge in [0.2, 0.25) is 0 Å². The minimum atomic E-state index is -0.781. The molecule has 0 aliphatic carbocycles. The Morgan fingerprint density at radius 2 is 2.30 bits per heavy atom. The maximum Gasteiger partial charge on any atom is 0.423 e. The smallest absolute Gasteiger partial charge is 0.354 e. The van der Waals surface area contributed by atoms with E-state index in [1.165, 1.54) is 0 Å². The van der Waals surface area contributed by atoms with Gasteiger partial charge in [0.05, 0.1) is 0 Å². The zero-order valence-corrected chi connectivity index (χ0v) is 6.22. The zero-order valence-electron chi connectivity index (χ0n) is 6.22. The number of carbonyl (C=O) groups is 1. The molecule has 4 nitrogen and oxygen atoms in total. The highest BCUT2D eigenvalue weighted by molar-refractivity contribution is 5.64. The molecule has 0 heterocycles. The van der Waals surface area contributed by atoms with Crippen LogP contribution >= 0.6 is 0 Å². The summed E-state index contributed by atoms with van der Waals surface area (Å²) in [6.07, 6.45) is 2.51. The second kappa shape index (κ2) is 6.35. The molecule has 0 rings (SSSR count). The Morgan fingerprint density at radius 3 is 2.80 bits per heavy atom. The summed E-state index contributed by atoms with van der Waals surface area (Å²) >= 11 is 0. The molecule has 0 spiro atoms. The van der Waals surface area contributed by atoms with E-state index in [1.54, 1.807) is 0 Å². The number of amides is 1. The normalized spacial score (nSPS) is 9.30. The van der Waals surface area contributed by atoms with Crippen molar-refractivity contribution >= 4 is 6.09 Å². The molecule has 0 aliphatic heterocycles. The molecule has 0 saturated heterocycles. The van der Waals surface area contributed by atoms with Crippen LogP contribution in [0.15, 0.2) is 0 Å². The average Bonchev–Trinajstić information content (AvgIpc) is 1.87. The highest BCUT2D eigenvalue weighted by Crippen LogP contribution is 1.90. The Balaban J connectivity index is 2.84. The second-order valence-corrected chi connectivity index (χ2v) is 2.02. The monoisotopic (exact) mass is 146 g/mol. The van der Waals surface area contributed by atoms with Crippen molar-refractivity contribution in [3.8, 4) is 0 Å². The van der Waals surface area contributed by atoms with E-state index in [0.29, 0.717) is 6.54 Å². The van der Waals surface area contributed by atoms with Crippen LogP contribution in [0.3, 0.4) is 0 Å². The van der Waals surface area contributed by atoms with Crippen molar-refractivity contribution < 1.29 is 9.63 Å².